The number of carboxylic acids is 1. The fourth-order valence-corrected chi connectivity index (χ4v) is 3.25. The standard InChI is InChI=1S/C18H25NO3/c1-13-7-6-8-15(11-13)18(9-4-3-5-10-18)17(22)19-12-14(2)16(20)21/h6-8,11,14H,3-5,9-10,12H2,1-2H3,(H,19,22)(H,20,21). The van der Waals surface area contributed by atoms with Gasteiger partial charge < -0.3 is 10.4 Å². The van der Waals surface area contributed by atoms with Crippen molar-refractivity contribution in [1.82, 2.24) is 5.32 Å². The summed E-state index contributed by atoms with van der Waals surface area (Å²) in [5.74, 6) is -1.47. The van der Waals surface area contributed by atoms with Crippen LogP contribution < -0.4 is 5.32 Å². The van der Waals surface area contributed by atoms with Crippen LogP contribution in [-0.4, -0.2) is 23.5 Å². The summed E-state index contributed by atoms with van der Waals surface area (Å²) in [6.07, 6.45) is 4.91. The van der Waals surface area contributed by atoms with Gasteiger partial charge in [-0.05, 0) is 25.3 Å². The molecular weight excluding hydrogens is 278 g/mol. The van der Waals surface area contributed by atoms with Crippen molar-refractivity contribution in [3.05, 3.63) is 35.4 Å². The summed E-state index contributed by atoms with van der Waals surface area (Å²) >= 11 is 0. The molecule has 0 aromatic heterocycles. The van der Waals surface area contributed by atoms with Crippen molar-refractivity contribution in [1.29, 1.82) is 0 Å². The molecular formula is C18H25NO3. The number of hydrogen-bond acceptors (Lipinski definition) is 2. The summed E-state index contributed by atoms with van der Waals surface area (Å²) in [5.41, 5.74) is 1.71. The van der Waals surface area contributed by atoms with Crippen LogP contribution in [0.5, 0.6) is 0 Å². The predicted molar refractivity (Wildman–Crippen MR) is 85.8 cm³/mol. The van der Waals surface area contributed by atoms with E-state index >= 15 is 0 Å². The second-order valence-corrected chi connectivity index (χ2v) is 6.46. The second-order valence-electron chi connectivity index (χ2n) is 6.46. The van der Waals surface area contributed by atoms with E-state index < -0.39 is 17.3 Å². The molecule has 2 N–H and O–H groups in total. The van der Waals surface area contributed by atoms with Crippen LogP contribution in [-0.2, 0) is 15.0 Å². The number of benzene rings is 1. The molecule has 4 heteroatoms. The second kappa shape index (κ2) is 6.95. The molecule has 0 heterocycles. The van der Waals surface area contributed by atoms with E-state index in [1.54, 1.807) is 6.92 Å². The summed E-state index contributed by atoms with van der Waals surface area (Å²) in [7, 11) is 0. The zero-order chi connectivity index (χ0) is 16.2. The van der Waals surface area contributed by atoms with Gasteiger partial charge in [-0.2, -0.15) is 0 Å². The first-order chi connectivity index (χ1) is 10.5. The van der Waals surface area contributed by atoms with Crippen molar-refractivity contribution in [2.75, 3.05) is 6.54 Å². The van der Waals surface area contributed by atoms with Crippen molar-refractivity contribution < 1.29 is 14.7 Å². The van der Waals surface area contributed by atoms with E-state index in [2.05, 4.69) is 11.4 Å². The first-order valence-electron chi connectivity index (χ1n) is 8.04. The SMILES string of the molecule is Cc1cccc(C2(C(=O)NCC(C)C(=O)O)CCCCC2)c1. The Kier molecular flexibility index (Phi) is 5.22. The number of carbonyl (C=O) groups excluding carboxylic acids is 1. The lowest BCUT2D eigenvalue weighted by Crippen LogP contribution is -2.47. The predicted octanol–water partition coefficient (Wildman–Crippen LogP) is 3.03. The van der Waals surface area contributed by atoms with Gasteiger partial charge in [0, 0.05) is 6.54 Å². The van der Waals surface area contributed by atoms with Crippen LogP contribution in [0.2, 0.25) is 0 Å². The lowest BCUT2D eigenvalue weighted by atomic mass is 9.68. The van der Waals surface area contributed by atoms with Crippen molar-refractivity contribution in [3.63, 3.8) is 0 Å². The van der Waals surface area contributed by atoms with Gasteiger partial charge in [-0.25, -0.2) is 0 Å². The highest BCUT2D eigenvalue weighted by Gasteiger charge is 2.41. The van der Waals surface area contributed by atoms with Crippen LogP contribution in [0.4, 0.5) is 0 Å². The van der Waals surface area contributed by atoms with E-state index in [9.17, 15) is 9.59 Å². The van der Waals surface area contributed by atoms with Crippen molar-refractivity contribution in [2.45, 2.75) is 51.4 Å². The van der Waals surface area contributed by atoms with Crippen molar-refractivity contribution in [3.8, 4) is 0 Å². The number of hydrogen-bond donors (Lipinski definition) is 2. The first kappa shape index (κ1) is 16.5. The number of nitrogens with one attached hydrogen (secondary N) is 1. The molecule has 1 amide bonds. The fraction of sp³-hybridized carbons (Fsp3) is 0.556. The van der Waals surface area contributed by atoms with Gasteiger partial charge in [0.25, 0.3) is 0 Å². The fourth-order valence-electron chi connectivity index (χ4n) is 3.25. The minimum Gasteiger partial charge on any atom is -0.481 e. The zero-order valence-electron chi connectivity index (χ0n) is 13.4. The van der Waals surface area contributed by atoms with Crippen LogP contribution >= 0.6 is 0 Å². The summed E-state index contributed by atoms with van der Waals surface area (Å²) in [6, 6.07) is 8.14. The molecule has 1 unspecified atom stereocenters. The minimum absolute atomic E-state index is 0.0223. The molecule has 0 saturated heterocycles. The molecule has 1 aromatic carbocycles. The Bertz CT molecular complexity index is 547. The molecule has 1 aliphatic carbocycles. The molecule has 4 nitrogen and oxygen atoms in total. The Labute approximate surface area is 131 Å². The molecule has 2 rings (SSSR count). The molecule has 0 aliphatic heterocycles. The highest BCUT2D eigenvalue weighted by molar-refractivity contribution is 5.88. The van der Waals surface area contributed by atoms with Crippen LogP contribution in [0.3, 0.4) is 0 Å². The third-order valence-corrected chi connectivity index (χ3v) is 4.70. The summed E-state index contributed by atoms with van der Waals surface area (Å²) in [6.45, 7) is 3.83. The third-order valence-electron chi connectivity index (χ3n) is 4.70. The van der Waals surface area contributed by atoms with Crippen LogP contribution in [0, 0.1) is 12.8 Å². The van der Waals surface area contributed by atoms with Gasteiger partial charge in [0.2, 0.25) is 5.91 Å². The van der Waals surface area contributed by atoms with Gasteiger partial charge in [-0.3, -0.25) is 9.59 Å². The number of carbonyl (C=O) groups is 2. The van der Waals surface area contributed by atoms with Crippen molar-refractivity contribution in [2.24, 2.45) is 5.92 Å². The molecule has 22 heavy (non-hydrogen) atoms. The maximum atomic E-state index is 12.9. The number of amides is 1. The average molecular weight is 303 g/mol. The molecule has 0 radical (unpaired) electrons. The highest BCUT2D eigenvalue weighted by Crippen LogP contribution is 2.40. The minimum atomic E-state index is -0.881. The van der Waals surface area contributed by atoms with Gasteiger partial charge >= 0.3 is 5.97 Å². The van der Waals surface area contributed by atoms with Crippen LogP contribution in [0.25, 0.3) is 0 Å². The van der Waals surface area contributed by atoms with Crippen LogP contribution in [0.1, 0.15) is 50.2 Å². The molecule has 1 aromatic rings. The van der Waals surface area contributed by atoms with E-state index in [-0.39, 0.29) is 12.5 Å². The Morgan fingerprint density at radius 3 is 2.55 bits per heavy atom. The van der Waals surface area contributed by atoms with E-state index in [1.807, 2.05) is 25.1 Å². The Balaban J connectivity index is 2.22. The Morgan fingerprint density at radius 2 is 1.95 bits per heavy atom. The maximum absolute atomic E-state index is 12.9. The summed E-state index contributed by atoms with van der Waals surface area (Å²) < 4.78 is 0. The highest BCUT2D eigenvalue weighted by atomic mass is 16.4. The lowest BCUT2D eigenvalue weighted by Gasteiger charge is -2.36. The molecule has 1 saturated carbocycles. The number of aliphatic carboxylic acids is 1. The van der Waals surface area contributed by atoms with Crippen LogP contribution in [0.15, 0.2) is 24.3 Å². The van der Waals surface area contributed by atoms with E-state index in [0.717, 1.165) is 43.2 Å². The summed E-state index contributed by atoms with van der Waals surface area (Å²) in [5, 5.41) is 11.8. The molecule has 0 bridgehead atoms. The smallest absolute Gasteiger partial charge is 0.308 e. The Hall–Kier alpha value is -1.84. The van der Waals surface area contributed by atoms with E-state index in [4.69, 9.17) is 5.11 Å². The van der Waals surface area contributed by atoms with E-state index in [1.165, 1.54) is 0 Å². The van der Waals surface area contributed by atoms with Gasteiger partial charge in [-0.1, -0.05) is 56.0 Å². The molecule has 0 spiro atoms. The Morgan fingerprint density at radius 1 is 1.27 bits per heavy atom. The van der Waals surface area contributed by atoms with E-state index in [0.29, 0.717) is 0 Å². The van der Waals surface area contributed by atoms with Gasteiger partial charge in [0.05, 0.1) is 11.3 Å². The quantitative estimate of drug-likeness (QED) is 0.878. The van der Waals surface area contributed by atoms with Gasteiger partial charge in [-0.15, -0.1) is 0 Å². The molecule has 120 valence electrons. The van der Waals surface area contributed by atoms with Gasteiger partial charge in [0.15, 0.2) is 0 Å². The monoisotopic (exact) mass is 303 g/mol. The molecule has 1 atom stereocenters. The number of aryl methyl sites for hydroxylation is 1. The van der Waals surface area contributed by atoms with Crippen molar-refractivity contribution >= 4 is 11.9 Å². The first-order valence-corrected chi connectivity index (χ1v) is 8.04. The topological polar surface area (TPSA) is 66.4 Å². The normalized spacial score (nSPS) is 18.5. The third kappa shape index (κ3) is 3.49. The lowest BCUT2D eigenvalue weighted by molar-refractivity contribution is -0.141. The average Bonchev–Trinajstić information content (AvgIpc) is 2.52. The number of rotatable bonds is 5. The molecule has 1 fully saturated rings. The largest absolute Gasteiger partial charge is 0.481 e. The summed E-state index contributed by atoms with van der Waals surface area (Å²) in [4.78, 5) is 23.8. The molecule has 1 aliphatic rings. The maximum Gasteiger partial charge on any atom is 0.308 e. The van der Waals surface area contributed by atoms with Gasteiger partial charge in [0.1, 0.15) is 0 Å². The number of carboxylic acid groups (broad SMARTS) is 1. The zero-order valence-corrected chi connectivity index (χ0v) is 13.4.